The summed E-state index contributed by atoms with van der Waals surface area (Å²) in [7, 11) is 0. The average molecular weight is 408 g/mol. The van der Waals surface area contributed by atoms with Gasteiger partial charge in [-0.2, -0.15) is 0 Å². The van der Waals surface area contributed by atoms with E-state index in [9.17, 15) is 9.59 Å². The van der Waals surface area contributed by atoms with E-state index in [-0.39, 0.29) is 6.04 Å². The zero-order valence-electron chi connectivity index (χ0n) is 18.5. The van der Waals surface area contributed by atoms with Crippen molar-refractivity contribution < 1.29 is 9.59 Å². The van der Waals surface area contributed by atoms with E-state index in [1.165, 1.54) is 24.0 Å². The van der Waals surface area contributed by atoms with Gasteiger partial charge in [0.1, 0.15) is 0 Å². The SMILES string of the molecule is CCN(CC)c1ccc(NC(=O)C(=O)NC(C)c2ccc3c(c2)CCCC3)c(C)c1. The third-order valence-electron chi connectivity index (χ3n) is 6.01. The van der Waals surface area contributed by atoms with Crippen LogP contribution in [0, 0.1) is 6.92 Å². The molecule has 5 heteroatoms. The lowest BCUT2D eigenvalue weighted by molar-refractivity contribution is -0.136. The number of carbonyl (C=O) groups excluding carboxylic acids is 2. The van der Waals surface area contributed by atoms with E-state index in [2.05, 4.69) is 47.6 Å². The minimum atomic E-state index is -0.640. The van der Waals surface area contributed by atoms with E-state index in [1.54, 1.807) is 0 Å². The lowest BCUT2D eigenvalue weighted by Crippen LogP contribution is -2.37. The van der Waals surface area contributed by atoms with Crippen LogP contribution in [0.5, 0.6) is 0 Å². The van der Waals surface area contributed by atoms with E-state index < -0.39 is 11.8 Å². The lowest BCUT2D eigenvalue weighted by Gasteiger charge is -2.22. The number of benzene rings is 2. The van der Waals surface area contributed by atoms with Crippen molar-refractivity contribution in [3.05, 3.63) is 58.7 Å². The van der Waals surface area contributed by atoms with Gasteiger partial charge in [-0.3, -0.25) is 9.59 Å². The molecule has 1 aliphatic carbocycles. The molecule has 2 amide bonds. The van der Waals surface area contributed by atoms with Gasteiger partial charge in [0.05, 0.1) is 6.04 Å². The van der Waals surface area contributed by atoms with Crippen molar-refractivity contribution in [2.45, 2.75) is 59.4 Å². The number of anilines is 2. The van der Waals surface area contributed by atoms with Crippen LogP contribution in [0.15, 0.2) is 36.4 Å². The lowest BCUT2D eigenvalue weighted by atomic mass is 9.89. The number of rotatable bonds is 6. The van der Waals surface area contributed by atoms with Gasteiger partial charge in [0.15, 0.2) is 0 Å². The smallest absolute Gasteiger partial charge is 0.313 e. The highest BCUT2D eigenvalue weighted by molar-refractivity contribution is 6.39. The Morgan fingerprint density at radius 2 is 1.67 bits per heavy atom. The molecule has 1 atom stereocenters. The Labute approximate surface area is 179 Å². The summed E-state index contributed by atoms with van der Waals surface area (Å²) in [5.41, 5.74) is 6.52. The summed E-state index contributed by atoms with van der Waals surface area (Å²) in [6, 6.07) is 12.0. The molecule has 0 fully saturated rings. The first kappa shape index (κ1) is 21.9. The minimum absolute atomic E-state index is 0.221. The Kier molecular flexibility index (Phi) is 7.14. The van der Waals surface area contributed by atoms with E-state index in [4.69, 9.17) is 0 Å². The van der Waals surface area contributed by atoms with Crippen LogP contribution in [0.25, 0.3) is 0 Å². The first-order chi connectivity index (χ1) is 14.4. The number of carbonyl (C=O) groups is 2. The molecular weight excluding hydrogens is 374 g/mol. The number of hydrogen-bond donors (Lipinski definition) is 2. The second kappa shape index (κ2) is 9.79. The molecule has 1 unspecified atom stereocenters. The van der Waals surface area contributed by atoms with Gasteiger partial charge in [-0.1, -0.05) is 18.2 Å². The highest BCUT2D eigenvalue weighted by Gasteiger charge is 2.19. The normalized spacial score (nSPS) is 13.9. The standard InChI is InChI=1S/C25H33N3O2/c1-5-28(6-2)22-13-14-23(17(3)15-22)27-25(30)24(29)26-18(4)20-12-11-19-9-7-8-10-21(19)16-20/h11-16,18H,5-10H2,1-4H3,(H,26,29)(H,27,30). The molecule has 3 rings (SSSR count). The van der Waals surface area contributed by atoms with Crippen molar-refractivity contribution in [2.75, 3.05) is 23.3 Å². The summed E-state index contributed by atoms with van der Waals surface area (Å²) in [4.78, 5) is 27.2. The molecule has 2 aromatic rings. The number of amides is 2. The molecule has 0 radical (unpaired) electrons. The van der Waals surface area contributed by atoms with Gasteiger partial charge in [0.2, 0.25) is 0 Å². The quantitative estimate of drug-likeness (QED) is 0.692. The molecule has 0 aromatic heterocycles. The van der Waals surface area contributed by atoms with Crippen LogP contribution in [-0.4, -0.2) is 24.9 Å². The van der Waals surface area contributed by atoms with Crippen LogP contribution in [0.2, 0.25) is 0 Å². The summed E-state index contributed by atoms with van der Waals surface area (Å²) < 4.78 is 0. The van der Waals surface area contributed by atoms with E-state index in [0.29, 0.717) is 5.69 Å². The molecule has 0 heterocycles. The fraction of sp³-hybridized carbons (Fsp3) is 0.440. The first-order valence-corrected chi connectivity index (χ1v) is 11.0. The molecule has 0 bridgehead atoms. The van der Waals surface area contributed by atoms with Crippen LogP contribution in [-0.2, 0) is 22.4 Å². The monoisotopic (exact) mass is 407 g/mol. The molecule has 0 saturated carbocycles. The topological polar surface area (TPSA) is 61.4 Å². The third kappa shape index (κ3) is 5.02. The second-order valence-corrected chi connectivity index (χ2v) is 8.06. The highest BCUT2D eigenvalue weighted by atomic mass is 16.2. The minimum Gasteiger partial charge on any atom is -0.372 e. The summed E-state index contributed by atoms with van der Waals surface area (Å²) in [5.74, 6) is -1.26. The van der Waals surface area contributed by atoms with Crippen LogP contribution >= 0.6 is 0 Å². The molecular formula is C25H33N3O2. The maximum Gasteiger partial charge on any atom is 0.313 e. The molecule has 0 saturated heterocycles. The number of nitrogens with one attached hydrogen (secondary N) is 2. The summed E-state index contributed by atoms with van der Waals surface area (Å²) >= 11 is 0. The average Bonchev–Trinajstić information content (AvgIpc) is 2.75. The van der Waals surface area contributed by atoms with Crippen molar-refractivity contribution in [2.24, 2.45) is 0 Å². The Hall–Kier alpha value is -2.82. The number of nitrogens with zero attached hydrogens (tertiary/aromatic N) is 1. The zero-order chi connectivity index (χ0) is 21.7. The van der Waals surface area contributed by atoms with Gasteiger partial charge in [0, 0.05) is 24.5 Å². The third-order valence-corrected chi connectivity index (χ3v) is 6.01. The summed E-state index contributed by atoms with van der Waals surface area (Å²) in [5, 5.41) is 5.58. The van der Waals surface area contributed by atoms with Crippen LogP contribution in [0.1, 0.15) is 61.9 Å². The molecule has 0 spiro atoms. The van der Waals surface area contributed by atoms with Gasteiger partial charge in [-0.15, -0.1) is 0 Å². The molecule has 5 nitrogen and oxygen atoms in total. The molecule has 2 aromatic carbocycles. The van der Waals surface area contributed by atoms with Crippen molar-refractivity contribution in [3.8, 4) is 0 Å². The number of fused-ring (bicyclic) bond motifs is 1. The van der Waals surface area contributed by atoms with Gasteiger partial charge < -0.3 is 15.5 Å². The predicted octanol–water partition coefficient (Wildman–Crippen LogP) is 4.54. The van der Waals surface area contributed by atoms with Crippen LogP contribution < -0.4 is 15.5 Å². The van der Waals surface area contributed by atoms with E-state index >= 15 is 0 Å². The zero-order valence-corrected chi connectivity index (χ0v) is 18.5. The maximum absolute atomic E-state index is 12.5. The second-order valence-electron chi connectivity index (χ2n) is 8.06. The predicted molar refractivity (Wildman–Crippen MR) is 123 cm³/mol. The van der Waals surface area contributed by atoms with Gasteiger partial charge in [0.25, 0.3) is 0 Å². The van der Waals surface area contributed by atoms with Crippen molar-refractivity contribution in [3.63, 3.8) is 0 Å². The fourth-order valence-corrected chi connectivity index (χ4v) is 4.12. The maximum atomic E-state index is 12.5. The first-order valence-electron chi connectivity index (χ1n) is 11.0. The molecule has 2 N–H and O–H groups in total. The van der Waals surface area contributed by atoms with Gasteiger partial charge in [-0.25, -0.2) is 0 Å². The van der Waals surface area contributed by atoms with E-state index in [0.717, 1.165) is 42.7 Å². The summed E-state index contributed by atoms with van der Waals surface area (Å²) in [6.07, 6.45) is 4.68. The fourth-order valence-electron chi connectivity index (χ4n) is 4.12. The Morgan fingerprint density at radius 3 is 2.33 bits per heavy atom. The Balaban J connectivity index is 1.62. The highest BCUT2D eigenvalue weighted by Crippen LogP contribution is 2.25. The van der Waals surface area contributed by atoms with Crippen molar-refractivity contribution >= 4 is 23.2 Å². The largest absolute Gasteiger partial charge is 0.372 e. The Bertz CT molecular complexity index is 919. The van der Waals surface area contributed by atoms with Gasteiger partial charge in [-0.05, 0) is 93.8 Å². The van der Waals surface area contributed by atoms with E-state index in [1.807, 2.05) is 32.0 Å². The molecule has 1 aliphatic rings. The van der Waals surface area contributed by atoms with Crippen LogP contribution in [0.3, 0.4) is 0 Å². The number of aryl methyl sites for hydroxylation is 3. The number of hydrogen-bond acceptors (Lipinski definition) is 3. The van der Waals surface area contributed by atoms with Crippen molar-refractivity contribution in [1.29, 1.82) is 0 Å². The molecule has 30 heavy (non-hydrogen) atoms. The van der Waals surface area contributed by atoms with Crippen LogP contribution in [0.4, 0.5) is 11.4 Å². The molecule has 160 valence electrons. The summed E-state index contributed by atoms with van der Waals surface area (Å²) in [6.45, 7) is 9.93. The molecule has 0 aliphatic heterocycles. The Morgan fingerprint density at radius 1 is 0.967 bits per heavy atom. The van der Waals surface area contributed by atoms with Crippen molar-refractivity contribution in [1.82, 2.24) is 5.32 Å². The van der Waals surface area contributed by atoms with Gasteiger partial charge >= 0.3 is 11.8 Å².